The highest BCUT2D eigenvalue weighted by atomic mass is 16.4. The van der Waals surface area contributed by atoms with Crippen molar-refractivity contribution in [2.45, 2.75) is 31.8 Å². The first-order valence-electron chi connectivity index (χ1n) is 6.71. The number of nitrogens with zero attached hydrogens (tertiary/aromatic N) is 3. The summed E-state index contributed by atoms with van der Waals surface area (Å²) in [7, 11) is 0. The van der Waals surface area contributed by atoms with Crippen LogP contribution in [0.1, 0.15) is 35.3 Å². The maximum absolute atomic E-state index is 12.1. The van der Waals surface area contributed by atoms with Gasteiger partial charge in [0.05, 0.1) is 30.3 Å². The molecule has 1 aromatic rings. The molecule has 1 aliphatic rings. The van der Waals surface area contributed by atoms with Crippen LogP contribution in [0, 0.1) is 11.3 Å². The van der Waals surface area contributed by atoms with Gasteiger partial charge in [0, 0.05) is 18.8 Å². The predicted molar refractivity (Wildman–Crippen MR) is 73.4 cm³/mol. The van der Waals surface area contributed by atoms with Crippen molar-refractivity contribution in [3.63, 3.8) is 0 Å². The number of rotatable bonds is 6. The summed E-state index contributed by atoms with van der Waals surface area (Å²) in [4.78, 5) is 28.6. The highest BCUT2D eigenvalue weighted by molar-refractivity contribution is 5.87. The molecule has 0 atom stereocenters. The van der Waals surface area contributed by atoms with Crippen molar-refractivity contribution in [3.8, 4) is 6.07 Å². The van der Waals surface area contributed by atoms with E-state index in [1.807, 2.05) is 6.07 Å². The molecule has 7 heteroatoms. The Bertz CT molecular complexity index is 578. The molecule has 0 saturated heterocycles. The summed E-state index contributed by atoms with van der Waals surface area (Å²) < 4.78 is 0. The summed E-state index contributed by atoms with van der Waals surface area (Å²) in [5, 5.41) is 20.2. The molecule has 2 N–H and O–H groups in total. The van der Waals surface area contributed by atoms with Gasteiger partial charge in [0.15, 0.2) is 0 Å². The number of carbonyl (C=O) groups is 2. The summed E-state index contributed by atoms with van der Waals surface area (Å²) >= 11 is 0. The van der Waals surface area contributed by atoms with Crippen LogP contribution in [0.2, 0.25) is 0 Å². The number of aromatic nitrogens is 1. The van der Waals surface area contributed by atoms with Crippen molar-refractivity contribution in [2.75, 3.05) is 6.54 Å². The number of carboxylic acid groups (broad SMARTS) is 1. The second-order valence-electron chi connectivity index (χ2n) is 4.83. The second kappa shape index (κ2) is 6.70. The van der Waals surface area contributed by atoms with Gasteiger partial charge in [-0.1, -0.05) is 0 Å². The summed E-state index contributed by atoms with van der Waals surface area (Å²) in [5.41, 5.74) is 0.622. The van der Waals surface area contributed by atoms with E-state index in [2.05, 4.69) is 10.3 Å². The molecule has 0 spiro atoms. The molecule has 7 nitrogen and oxygen atoms in total. The third-order valence-electron chi connectivity index (χ3n) is 3.20. The summed E-state index contributed by atoms with van der Waals surface area (Å²) in [6, 6.07) is 4.84. The van der Waals surface area contributed by atoms with Crippen molar-refractivity contribution >= 4 is 12.0 Å². The van der Waals surface area contributed by atoms with Crippen LogP contribution in [-0.2, 0) is 6.54 Å². The summed E-state index contributed by atoms with van der Waals surface area (Å²) in [6.07, 6.45) is 3.63. The highest BCUT2D eigenvalue weighted by Crippen LogP contribution is 2.26. The number of hydrogen-bond acceptors (Lipinski definition) is 4. The smallest absolute Gasteiger partial charge is 0.335 e. The standard InChI is InChI=1S/C14H16N4O3/c15-5-1-7-18(12-2-3-12)14(21)17-9-11-8-10(13(19)20)4-6-16-11/h4,6,8,12H,1-3,7,9H2,(H,17,21)(H,19,20). The second-order valence-corrected chi connectivity index (χ2v) is 4.83. The van der Waals surface area contributed by atoms with Gasteiger partial charge in [-0.15, -0.1) is 0 Å². The Morgan fingerprint density at radius 1 is 1.52 bits per heavy atom. The van der Waals surface area contributed by atoms with Crippen LogP contribution in [0.4, 0.5) is 4.79 Å². The van der Waals surface area contributed by atoms with Crippen LogP contribution in [0.3, 0.4) is 0 Å². The fraction of sp³-hybridized carbons (Fsp3) is 0.429. The average Bonchev–Trinajstić information content (AvgIpc) is 3.30. The zero-order valence-electron chi connectivity index (χ0n) is 11.5. The third kappa shape index (κ3) is 4.18. The van der Waals surface area contributed by atoms with E-state index in [0.717, 1.165) is 12.8 Å². The van der Waals surface area contributed by atoms with Crippen LogP contribution in [0.15, 0.2) is 18.3 Å². The van der Waals surface area contributed by atoms with Crippen LogP contribution in [0.5, 0.6) is 0 Å². The number of carbonyl (C=O) groups excluding carboxylic acids is 1. The molecule has 1 fully saturated rings. The lowest BCUT2D eigenvalue weighted by Crippen LogP contribution is -2.41. The quantitative estimate of drug-likeness (QED) is 0.822. The van der Waals surface area contributed by atoms with Gasteiger partial charge in [0.25, 0.3) is 0 Å². The Morgan fingerprint density at radius 2 is 2.29 bits per heavy atom. The van der Waals surface area contributed by atoms with Crippen LogP contribution < -0.4 is 5.32 Å². The van der Waals surface area contributed by atoms with Crippen molar-refractivity contribution in [1.29, 1.82) is 5.26 Å². The van der Waals surface area contributed by atoms with Gasteiger partial charge < -0.3 is 15.3 Å². The maximum atomic E-state index is 12.1. The molecule has 1 aliphatic carbocycles. The maximum Gasteiger partial charge on any atom is 0.335 e. The molecule has 0 radical (unpaired) electrons. The summed E-state index contributed by atoms with van der Waals surface area (Å²) in [5.74, 6) is -1.03. The Morgan fingerprint density at radius 3 is 2.90 bits per heavy atom. The van der Waals surface area contributed by atoms with Crippen LogP contribution >= 0.6 is 0 Å². The predicted octanol–water partition coefficient (Wildman–Crippen LogP) is 1.37. The van der Waals surface area contributed by atoms with E-state index in [0.29, 0.717) is 18.7 Å². The SMILES string of the molecule is N#CCCN(C(=O)NCc1cc(C(=O)O)ccn1)C1CC1. The van der Waals surface area contributed by atoms with E-state index in [-0.39, 0.29) is 24.2 Å². The van der Waals surface area contributed by atoms with Gasteiger partial charge in [-0.25, -0.2) is 9.59 Å². The molecule has 0 aromatic carbocycles. The highest BCUT2D eigenvalue weighted by Gasteiger charge is 2.32. The number of aromatic carboxylic acids is 1. The Labute approximate surface area is 122 Å². The number of carboxylic acids is 1. The monoisotopic (exact) mass is 288 g/mol. The van der Waals surface area contributed by atoms with Crippen molar-refractivity contribution in [1.82, 2.24) is 15.2 Å². The molecule has 2 amide bonds. The lowest BCUT2D eigenvalue weighted by molar-refractivity contribution is 0.0696. The van der Waals surface area contributed by atoms with E-state index < -0.39 is 5.97 Å². The molecule has 21 heavy (non-hydrogen) atoms. The fourth-order valence-corrected chi connectivity index (χ4v) is 1.98. The number of hydrogen-bond donors (Lipinski definition) is 2. The van der Waals surface area contributed by atoms with E-state index >= 15 is 0 Å². The normalized spacial score (nSPS) is 13.3. The minimum atomic E-state index is -1.03. The molecule has 0 bridgehead atoms. The fourth-order valence-electron chi connectivity index (χ4n) is 1.98. The number of nitrogens with one attached hydrogen (secondary N) is 1. The van der Waals surface area contributed by atoms with Gasteiger partial charge in [0.2, 0.25) is 0 Å². The molecular weight excluding hydrogens is 272 g/mol. The minimum absolute atomic E-state index is 0.137. The largest absolute Gasteiger partial charge is 0.478 e. The average molecular weight is 288 g/mol. The van der Waals surface area contributed by atoms with E-state index in [4.69, 9.17) is 10.4 Å². The molecule has 1 aromatic heterocycles. The Balaban J connectivity index is 1.92. The molecular formula is C14H16N4O3. The first kappa shape index (κ1) is 14.8. The van der Waals surface area contributed by atoms with E-state index in [1.165, 1.54) is 18.3 Å². The van der Waals surface area contributed by atoms with Gasteiger partial charge in [-0.05, 0) is 25.0 Å². The van der Waals surface area contributed by atoms with Crippen LogP contribution in [0.25, 0.3) is 0 Å². The van der Waals surface area contributed by atoms with Gasteiger partial charge >= 0.3 is 12.0 Å². The van der Waals surface area contributed by atoms with Crippen molar-refractivity contribution in [2.24, 2.45) is 0 Å². The zero-order valence-corrected chi connectivity index (χ0v) is 11.5. The molecule has 2 rings (SSSR count). The zero-order chi connectivity index (χ0) is 15.2. The lowest BCUT2D eigenvalue weighted by Gasteiger charge is -2.21. The lowest BCUT2D eigenvalue weighted by atomic mass is 10.2. The molecule has 1 heterocycles. The molecule has 0 aliphatic heterocycles. The number of pyridine rings is 1. The molecule has 1 saturated carbocycles. The minimum Gasteiger partial charge on any atom is -0.478 e. The number of nitriles is 1. The Hall–Kier alpha value is -2.62. The van der Waals surface area contributed by atoms with Crippen molar-refractivity contribution in [3.05, 3.63) is 29.6 Å². The first-order chi connectivity index (χ1) is 10.1. The third-order valence-corrected chi connectivity index (χ3v) is 3.20. The van der Waals surface area contributed by atoms with Gasteiger partial charge in [0.1, 0.15) is 0 Å². The number of amides is 2. The van der Waals surface area contributed by atoms with E-state index in [1.54, 1.807) is 4.90 Å². The first-order valence-corrected chi connectivity index (χ1v) is 6.71. The molecule has 0 unspecified atom stereocenters. The van der Waals surface area contributed by atoms with Crippen LogP contribution in [-0.4, -0.2) is 39.6 Å². The Kier molecular flexibility index (Phi) is 4.72. The topological polar surface area (TPSA) is 106 Å². The number of urea groups is 1. The van der Waals surface area contributed by atoms with E-state index in [9.17, 15) is 9.59 Å². The molecule has 110 valence electrons. The van der Waals surface area contributed by atoms with Gasteiger partial charge in [-0.2, -0.15) is 5.26 Å². The summed E-state index contributed by atoms with van der Waals surface area (Å²) in [6.45, 7) is 0.575. The van der Waals surface area contributed by atoms with Gasteiger partial charge in [-0.3, -0.25) is 4.98 Å². The van der Waals surface area contributed by atoms with Crippen molar-refractivity contribution < 1.29 is 14.7 Å².